The Hall–Kier alpha value is -3.48. The van der Waals surface area contributed by atoms with Crippen LogP contribution in [0.4, 0.5) is 0 Å². The highest BCUT2D eigenvalue weighted by molar-refractivity contribution is 6.30. The number of hydrogen-bond acceptors (Lipinski definition) is 5. The molecule has 0 aliphatic heterocycles. The van der Waals surface area contributed by atoms with Crippen molar-refractivity contribution in [3.05, 3.63) is 101 Å². The highest BCUT2D eigenvalue weighted by Gasteiger charge is 2.19. The lowest BCUT2D eigenvalue weighted by atomic mass is 10.1. The third-order valence-electron chi connectivity index (χ3n) is 4.12. The molecule has 7 heteroatoms. The van der Waals surface area contributed by atoms with Crippen LogP contribution in [0, 0.1) is 0 Å². The summed E-state index contributed by atoms with van der Waals surface area (Å²) in [6.07, 6.45) is 0.731. The minimum atomic E-state index is -0.753. The molecule has 6 nitrogen and oxygen atoms in total. The fraction of sp³-hybridized carbons (Fsp3) is 0.0870. The molecule has 3 aromatic rings. The molecule has 0 fully saturated rings. The molecule has 3 rings (SSSR count). The van der Waals surface area contributed by atoms with Crippen molar-refractivity contribution in [3.8, 4) is 5.75 Å². The summed E-state index contributed by atoms with van der Waals surface area (Å²) >= 11 is 5.89. The van der Waals surface area contributed by atoms with Crippen molar-refractivity contribution in [2.75, 3.05) is 7.11 Å². The maximum absolute atomic E-state index is 12.3. The van der Waals surface area contributed by atoms with Gasteiger partial charge in [0.05, 0.1) is 11.8 Å². The van der Waals surface area contributed by atoms with Gasteiger partial charge in [-0.3, -0.25) is 4.79 Å². The minimum Gasteiger partial charge on any atom is -0.423 e. The van der Waals surface area contributed by atoms with Gasteiger partial charge >= 0.3 is 5.97 Å². The molecule has 1 unspecified atom stereocenters. The van der Waals surface area contributed by atoms with Gasteiger partial charge in [-0.1, -0.05) is 48.0 Å². The van der Waals surface area contributed by atoms with E-state index in [0.29, 0.717) is 21.9 Å². The van der Waals surface area contributed by atoms with Gasteiger partial charge in [0, 0.05) is 12.1 Å². The van der Waals surface area contributed by atoms with Crippen LogP contribution < -0.4 is 10.2 Å². The standard InChI is InChI=1S/C23H19ClN2O4/c1-29-21(17-6-3-2-4-7-17)22(27)26-25-15-16-10-12-20(13-11-16)30-23(28)18-8-5-9-19(24)14-18/h2-15,21H,1H3,(H,26,27)/b25-15+. The summed E-state index contributed by atoms with van der Waals surface area (Å²) < 4.78 is 10.6. The lowest BCUT2D eigenvalue weighted by Crippen LogP contribution is -2.26. The molecule has 0 aliphatic rings. The number of methoxy groups -OCH3 is 1. The van der Waals surface area contributed by atoms with Crippen LogP contribution in [0.5, 0.6) is 5.75 Å². The fourth-order valence-corrected chi connectivity index (χ4v) is 2.85. The normalized spacial score (nSPS) is 11.8. The van der Waals surface area contributed by atoms with E-state index < -0.39 is 12.1 Å². The number of ether oxygens (including phenoxy) is 2. The van der Waals surface area contributed by atoms with Gasteiger partial charge in [-0.2, -0.15) is 5.10 Å². The zero-order valence-corrected chi connectivity index (χ0v) is 16.9. The summed E-state index contributed by atoms with van der Waals surface area (Å²) in [5, 5.41) is 4.42. The van der Waals surface area contributed by atoms with Crippen LogP contribution in [0.15, 0.2) is 84.0 Å². The SMILES string of the molecule is COC(C(=O)N/N=C/c1ccc(OC(=O)c2cccc(Cl)c2)cc1)c1ccccc1. The average molecular weight is 423 g/mol. The van der Waals surface area contributed by atoms with Crippen LogP contribution >= 0.6 is 11.6 Å². The molecule has 0 bridgehead atoms. The van der Waals surface area contributed by atoms with Crippen molar-refractivity contribution in [2.45, 2.75) is 6.10 Å². The average Bonchev–Trinajstić information content (AvgIpc) is 2.76. The highest BCUT2D eigenvalue weighted by atomic mass is 35.5. The molecule has 0 aromatic heterocycles. The number of carbonyl (C=O) groups excluding carboxylic acids is 2. The van der Waals surface area contributed by atoms with E-state index >= 15 is 0 Å². The molecule has 1 N–H and O–H groups in total. The van der Waals surface area contributed by atoms with Crippen LogP contribution in [0.25, 0.3) is 0 Å². The van der Waals surface area contributed by atoms with Gasteiger partial charge in [-0.25, -0.2) is 10.2 Å². The molecule has 0 saturated heterocycles. The highest BCUT2D eigenvalue weighted by Crippen LogP contribution is 2.17. The molecule has 30 heavy (non-hydrogen) atoms. The van der Waals surface area contributed by atoms with Crippen molar-refractivity contribution in [1.29, 1.82) is 0 Å². The largest absolute Gasteiger partial charge is 0.423 e. The Morgan fingerprint density at radius 3 is 2.40 bits per heavy atom. The minimum absolute atomic E-state index is 0.363. The first-order chi connectivity index (χ1) is 14.6. The second-order valence-electron chi connectivity index (χ2n) is 6.23. The second-order valence-corrected chi connectivity index (χ2v) is 6.67. The van der Waals surface area contributed by atoms with E-state index in [0.717, 1.165) is 5.56 Å². The molecule has 0 aliphatic carbocycles. The first-order valence-corrected chi connectivity index (χ1v) is 9.43. The maximum atomic E-state index is 12.3. The van der Waals surface area contributed by atoms with Crippen LogP contribution in [0.1, 0.15) is 27.6 Å². The van der Waals surface area contributed by atoms with E-state index in [9.17, 15) is 9.59 Å². The van der Waals surface area contributed by atoms with E-state index in [2.05, 4.69) is 10.5 Å². The Balaban J connectivity index is 1.56. The Morgan fingerprint density at radius 2 is 1.73 bits per heavy atom. The third kappa shape index (κ3) is 5.76. The number of halogens is 1. The molecule has 0 saturated carbocycles. The summed E-state index contributed by atoms with van der Waals surface area (Å²) in [6.45, 7) is 0. The van der Waals surface area contributed by atoms with Gasteiger partial charge in [0.25, 0.3) is 5.91 Å². The molecule has 0 heterocycles. The number of benzene rings is 3. The number of hydrazone groups is 1. The predicted octanol–water partition coefficient (Wildman–Crippen LogP) is 4.40. The molecule has 1 atom stereocenters. The van der Waals surface area contributed by atoms with E-state index in [4.69, 9.17) is 21.1 Å². The molecule has 152 valence electrons. The van der Waals surface area contributed by atoms with Crippen molar-refractivity contribution in [2.24, 2.45) is 5.10 Å². The van der Waals surface area contributed by atoms with E-state index in [1.54, 1.807) is 54.6 Å². The zero-order valence-electron chi connectivity index (χ0n) is 16.1. The van der Waals surface area contributed by atoms with Crippen LogP contribution in [0.2, 0.25) is 5.02 Å². The van der Waals surface area contributed by atoms with Crippen molar-refractivity contribution >= 4 is 29.7 Å². The fourth-order valence-electron chi connectivity index (χ4n) is 2.65. The van der Waals surface area contributed by atoms with Gasteiger partial charge in [0.15, 0.2) is 6.10 Å². The van der Waals surface area contributed by atoms with Gasteiger partial charge in [-0.05, 0) is 53.6 Å². The predicted molar refractivity (Wildman–Crippen MR) is 115 cm³/mol. The Kier molecular flexibility index (Phi) is 7.32. The first kappa shape index (κ1) is 21.2. The van der Waals surface area contributed by atoms with Crippen molar-refractivity contribution in [3.63, 3.8) is 0 Å². The number of carbonyl (C=O) groups is 2. The molecule has 0 radical (unpaired) electrons. The Morgan fingerprint density at radius 1 is 1.00 bits per heavy atom. The monoisotopic (exact) mass is 422 g/mol. The summed E-state index contributed by atoms with van der Waals surface area (Å²) in [5.41, 5.74) is 4.27. The Labute approximate surface area is 179 Å². The van der Waals surface area contributed by atoms with Gasteiger partial charge in [0.1, 0.15) is 5.75 Å². The topological polar surface area (TPSA) is 77.0 Å². The summed E-state index contributed by atoms with van der Waals surface area (Å²) in [5.74, 6) is -0.505. The molecule has 1 amide bonds. The van der Waals surface area contributed by atoms with Crippen molar-refractivity contribution < 1.29 is 19.1 Å². The van der Waals surface area contributed by atoms with Gasteiger partial charge in [0.2, 0.25) is 0 Å². The molecular formula is C23H19ClN2O4. The number of hydrogen-bond donors (Lipinski definition) is 1. The quantitative estimate of drug-likeness (QED) is 0.265. The van der Waals surface area contributed by atoms with E-state index in [1.165, 1.54) is 19.4 Å². The number of nitrogens with zero attached hydrogens (tertiary/aromatic N) is 1. The lowest BCUT2D eigenvalue weighted by Gasteiger charge is -2.13. The molecular weight excluding hydrogens is 404 g/mol. The zero-order chi connectivity index (χ0) is 21.3. The van der Waals surface area contributed by atoms with E-state index in [1.807, 2.05) is 18.2 Å². The van der Waals surface area contributed by atoms with Gasteiger partial charge in [-0.15, -0.1) is 0 Å². The molecule has 0 spiro atoms. The first-order valence-electron chi connectivity index (χ1n) is 9.05. The van der Waals surface area contributed by atoms with Crippen LogP contribution in [-0.2, 0) is 9.53 Å². The number of amides is 1. The summed E-state index contributed by atoms with van der Waals surface area (Å²) in [7, 11) is 1.46. The van der Waals surface area contributed by atoms with Crippen molar-refractivity contribution in [1.82, 2.24) is 5.43 Å². The summed E-state index contributed by atoms with van der Waals surface area (Å²) in [4.78, 5) is 24.4. The number of rotatable bonds is 7. The third-order valence-corrected chi connectivity index (χ3v) is 4.35. The van der Waals surface area contributed by atoms with E-state index in [-0.39, 0.29) is 5.91 Å². The summed E-state index contributed by atoms with van der Waals surface area (Å²) in [6, 6.07) is 22.3. The lowest BCUT2D eigenvalue weighted by molar-refractivity contribution is -0.131. The number of nitrogens with one attached hydrogen (secondary N) is 1. The maximum Gasteiger partial charge on any atom is 0.343 e. The Bertz CT molecular complexity index is 1040. The number of esters is 1. The van der Waals surface area contributed by atoms with Crippen LogP contribution in [0.3, 0.4) is 0 Å². The second kappa shape index (κ2) is 10.3. The van der Waals surface area contributed by atoms with Gasteiger partial charge < -0.3 is 9.47 Å². The molecule has 3 aromatic carbocycles. The van der Waals surface area contributed by atoms with Crippen LogP contribution in [-0.4, -0.2) is 25.2 Å². The smallest absolute Gasteiger partial charge is 0.343 e.